The van der Waals surface area contributed by atoms with Crippen LogP contribution in [0.2, 0.25) is 0 Å². The van der Waals surface area contributed by atoms with Crippen molar-refractivity contribution in [2.75, 3.05) is 13.8 Å². The van der Waals surface area contributed by atoms with Crippen molar-refractivity contribution in [3.63, 3.8) is 0 Å². The maximum Gasteiger partial charge on any atom is 0.335 e. The van der Waals surface area contributed by atoms with Crippen LogP contribution in [0, 0.1) is 0 Å². The van der Waals surface area contributed by atoms with E-state index in [-0.39, 0.29) is 6.42 Å². The van der Waals surface area contributed by atoms with E-state index in [0.717, 1.165) is 7.11 Å². The van der Waals surface area contributed by atoms with Crippen LogP contribution >= 0.6 is 0 Å². The molecule has 16 heavy (non-hydrogen) atoms. The van der Waals surface area contributed by atoms with Gasteiger partial charge in [-0.3, -0.25) is 0 Å². The third-order valence-electron chi connectivity index (χ3n) is 2.51. The molecule has 0 spiro atoms. The van der Waals surface area contributed by atoms with Crippen LogP contribution in [-0.4, -0.2) is 65.6 Å². The number of carbonyl (C=O) groups is 1. The molecule has 0 aromatic rings. The largest absolute Gasteiger partial charge is 0.467 e. The fourth-order valence-electron chi connectivity index (χ4n) is 1.59. The van der Waals surface area contributed by atoms with Crippen LogP contribution in [0.1, 0.15) is 6.42 Å². The zero-order valence-corrected chi connectivity index (χ0v) is 8.75. The number of aliphatic hydroxyl groups is 3. The number of hydrogen-bond donors (Lipinski definition) is 3. The zero-order chi connectivity index (χ0) is 12.3. The Morgan fingerprint density at radius 1 is 1.62 bits per heavy atom. The molecule has 1 fully saturated rings. The van der Waals surface area contributed by atoms with E-state index >= 15 is 0 Å². The van der Waals surface area contributed by atoms with Crippen molar-refractivity contribution in [2.24, 2.45) is 0 Å². The predicted octanol–water partition coefficient (Wildman–Crippen LogP) is -1.63. The highest BCUT2D eigenvalue weighted by atomic mass is 19.1. The number of esters is 1. The normalized spacial score (nSPS) is 36.8. The van der Waals surface area contributed by atoms with Gasteiger partial charge in [0.15, 0.2) is 6.10 Å². The van der Waals surface area contributed by atoms with Gasteiger partial charge in [-0.25, -0.2) is 9.18 Å². The van der Waals surface area contributed by atoms with Gasteiger partial charge in [0, 0.05) is 6.42 Å². The van der Waals surface area contributed by atoms with Gasteiger partial charge in [-0.2, -0.15) is 0 Å². The summed E-state index contributed by atoms with van der Waals surface area (Å²) in [6.07, 6.45) is -6.86. The van der Waals surface area contributed by atoms with Crippen molar-refractivity contribution in [3.8, 4) is 0 Å². The highest BCUT2D eigenvalue weighted by Gasteiger charge is 2.43. The lowest BCUT2D eigenvalue weighted by molar-refractivity contribution is -0.211. The average molecular weight is 238 g/mol. The molecule has 1 heterocycles. The fraction of sp³-hybridized carbons (Fsp3) is 0.889. The number of rotatable bonds is 3. The van der Waals surface area contributed by atoms with Gasteiger partial charge in [0.05, 0.1) is 13.2 Å². The summed E-state index contributed by atoms with van der Waals surface area (Å²) >= 11 is 0. The van der Waals surface area contributed by atoms with Crippen molar-refractivity contribution in [1.82, 2.24) is 0 Å². The van der Waals surface area contributed by atoms with E-state index in [2.05, 4.69) is 4.74 Å². The SMILES string of the molecule is COC(=O)[C@@H]1C[C@@H](O)[C@@H](O)[C@@H]([C@H](O)CF)O1. The molecule has 0 unspecified atom stereocenters. The number of halogens is 1. The Hall–Kier alpha value is -0.760. The van der Waals surface area contributed by atoms with Crippen molar-refractivity contribution >= 4 is 5.97 Å². The lowest BCUT2D eigenvalue weighted by atomic mass is 9.95. The van der Waals surface area contributed by atoms with Gasteiger partial charge in [0.2, 0.25) is 0 Å². The third-order valence-corrected chi connectivity index (χ3v) is 2.51. The van der Waals surface area contributed by atoms with Crippen LogP contribution in [-0.2, 0) is 14.3 Å². The Balaban J connectivity index is 2.72. The highest BCUT2D eigenvalue weighted by molar-refractivity contribution is 5.74. The monoisotopic (exact) mass is 238 g/mol. The maximum absolute atomic E-state index is 12.2. The Morgan fingerprint density at radius 2 is 2.25 bits per heavy atom. The summed E-state index contributed by atoms with van der Waals surface area (Å²) in [6, 6.07) is 0. The number of hydrogen-bond acceptors (Lipinski definition) is 6. The highest BCUT2D eigenvalue weighted by Crippen LogP contribution is 2.23. The third kappa shape index (κ3) is 2.67. The molecule has 0 aliphatic carbocycles. The molecular formula is C9H15FO6. The minimum atomic E-state index is -1.59. The Bertz CT molecular complexity index is 248. The number of methoxy groups -OCH3 is 1. The first kappa shape index (κ1) is 13.3. The van der Waals surface area contributed by atoms with E-state index in [1.165, 1.54) is 0 Å². The van der Waals surface area contributed by atoms with Crippen LogP contribution in [0.3, 0.4) is 0 Å². The molecule has 0 saturated carbocycles. The van der Waals surface area contributed by atoms with Gasteiger partial charge in [-0.1, -0.05) is 0 Å². The molecule has 3 N–H and O–H groups in total. The molecule has 6 nitrogen and oxygen atoms in total. The molecule has 0 bridgehead atoms. The zero-order valence-electron chi connectivity index (χ0n) is 8.75. The second-order valence-electron chi connectivity index (χ2n) is 3.63. The molecule has 0 amide bonds. The number of carbonyl (C=O) groups excluding carboxylic acids is 1. The predicted molar refractivity (Wildman–Crippen MR) is 49.3 cm³/mol. The molecule has 0 aromatic heterocycles. The maximum atomic E-state index is 12.2. The summed E-state index contributed by atoms with van der Waals surface area (Å²) in [5, 5.41) is 28.1. The molecule has 7 heteroatoms. The smallest absolute Gasteiger partial charge is 0.335 e. The van der Waals surface area contributed by atoms with Gasteiger partial charge >= 0.3 is 5.97 Å². The van der Waals surface area contributed by atoms with Crippen LogP contribution in [0.25, 0.3) is 0 Å². The summed E-state index contributed by atoms with van der Waals surface area (Å²) in [6.45, 7) is -1.14. The minimum Gasteiger partial charge on any atom is -0.467 e. The van der Waals surface area contributed by atoms with Crippen LogP contribution in [0.5, 0.6) is 0 Å². The van der Waals surface area contributed by atoms with Gasteiger partial charge in [0.25, 0.3) is 0 Å². The molecular weight excluding hydrogens is 223 g/mol. The first-order valence-corrected chi connectivity index (χ1v) is 4.84. The minimum absolute atomic E-state index is 0.149. The van der Waals surface area contributed by atoms with Crippen molar-refractivity contribution < 1.29 is 34.0 Å². The molecule has 1 saturated heterocycles. The van der Waals surface area contributed by atoms with E-state index in [9.17, 15) is 24.5 Å². The Morgan fingerprint density at radius 3 is 2.75 bits per heavy atom. The second-order valence-corrected chi connectivity index (χ2v) is 3.63. The molecule has 0 radical (unpaired) electrons. The van der Waals surface area contributed by atoms with Gasteiger partial charge in [-0.15, -0.1) is 0 Å². The molecule has 1 rings (SSSR count). The van der Waals surface area contributed by atoms with E-state index in [1.807, 2.05) is 0 Å². The lowest BCUT2D eigenvalue weighted by Gasteiger charge is -2.37. The average Bonchev–Trinajstić information content (AvgIpc) is 2.30. The lowest BCUT2D eigenvalue weighted by Crippen LogP contribution is -2.55. The van der Waals surface area contributed by atoms with Crippen LogP contribution in [0.15, 0.2) is 0 Å². The number of alkyl halides is 1. The number of aliphatic hydroxyl groups excluding tert-OH is 3. The van der Waals surface area contributed by atoms with Crippen molar-refractivity contribution in [1.29, 1.82) is 0 Å². The van der Waals surface area contributed by atoms with Crippen LogP contribution < -0.4 is 0 Å². The second kappa shape index (κ2) is 5.53. The fourth-order valence-corrected chi connectivity index (χ4v) is 1.59. The van der Waals surface area contributed by atoms with Crippen LogP contribution in [0.4, 0.5) is 4.39 Å². The summed E-state index contributed by atoms with van der Waals surface area (Å²) < 4.78 is 21.6. The van der Waals surface area contributed by atoms with Gasteiger partial charge in [0.1, 0.15) is 25.0 Å². The molecule has 94 valence electrons. The van der Waals surface area contributed by atoms with E-state index < -0.39 is 43.2 Å². The van der Waals surface area contributed by atoms with E-state index in [4.69, 9.17) is 4.74 Å². The topological polar surface area (TPSA) is 96.2 Å². The van der Waals surface area contributed by atoms with Gasteiger partial charge < -0.3 is 24.8 Å². The first-order chi connectivity index (χ1) is 7.51. The van der Waals surface area contributed by atoms with Crippen molar-refractivity contribution in [2.45, 2.75) is 36.9 Å². The quantitative estimate of drug-likeness (QED) is 0.511. The Kier molecular flexibility index (Phi) is 4.60. The first-order valence-electron chi connectivity index (χ1n) is 4.84. The molecule has 1 aliphatic rings. The summed E-state index contributed by atoms with van der Waals surface area (Å²) in [5.74, 6) is -0.734. The molecule has 1 aliphatic heterocycles. The van der Waals surface area contributed by atoms with Crippen molar-refractivity contribution in [3.05, 3.63) is 0 Å². The molecule has 5 atom stereocenters. The summed E-state index contributed by atoms with van der Waals surface area (Å²) in [7, 11) is 1.14. The summed E-state index contributed by atoms with van der Waals surface area (Å²) in [4.78, 5) is 11.2. The van der Waals surface area contributed by atoms with Gasteiger partial charge in [-0.05, 0) is 0 Å². The van der Waals surface area contributed by atoms with E-state index in [1.54, 1.807) is 0 Å². The molecule has 0 aromatic carbocycles. The Labute approximate surface area is 91.6 Å². The van der Waals surface area contributed by atoms with E-state index in [0.29, 0.717) is 0 Å². The standard InChI is InChI=1S/C9H15FO6/c1-15-9(14)6-2-4(11)7(13)8(16-6)5(12)3-10/h4-8,11-13H,2-3H2,1H3/t4-,5-,6+,7-,8-/m1/s1. The number of ether oxygens (including phenoxy) is 2. The summed E-state index contributed by atoms with van der Waals surface area (Å²) in [5.41, 5.74) is 0.